The maximum atomic E-state index is 10.8. The second kappa shape index (κ2) is 5.34. The largest absolute Gasteiger partial charge is 0.478 e. The van der Waals surface area contributed by atoms with Crippen molar-refractivity contribution in [2.24, 2.45) is 0 Å². The summed E-state index contributed by atoms with van der Waals surface area (Å²) in [5.74, 6) is 0.132. The maximum absolute atomic E-state index is 10.8. The van der Waals surface area contributed by atoms with Crippen molar-refractivity contribution in [1.82, 2.24) is 4.98 Å². The van der Waals surface area contributed by atoms with Crippen LogP contribution >= 0.6 is 22.6 Å². The van der Waals surface area contributed by atoms with Gasteiger partial charge in [-0.2, -0.15) is 0 Å². The molecule has 4 nitrogen and oxygen atoms in total. The maximum Gasteiger partial charge on any atom is 0.337 e. The molecule has 0 aliphatic heterocycles. The van der Waals surface area contributed by atoms with Crippen LogP contribution in [0.5, 0.6) is 11.6 Å². The Morgan fingerprint density at radius 3 is 2.72 bits per heavy atom. The van der Waals surface area contributed by atoms with E-state index in [1.165, 1.54) is 6.20 Å². The molecule has 0 unspecified atom stereocenters. The number of pyridine rings is 1. The smallest absolute Gasteiger partial charge is 0.337 e. The zero-order valence-electron chi connectivity index (χ0n) is 9.55. The van der Waals surface area contributed by atoms with E-state index in [1.54, 1.807) is 13.0 Å². The van der Waals surface area contributed by atoms with E-state index in [-0.39, 0.29) is 5.56 Å². The molecule has 1 heterocycles. The number of carbonyl (C=O) groups is 1. The van der Waals surface area contributed by atoms with Gasteiger partial charge < -0.3 is 9.84 Å². The van der Waals surface area contributed by atoms with Crippen LogP contribution in [-0.2, 0) is 0 Å². The van der Waals surface area contributed by atoms with E-state index >= 15 is 0 Å². The monoisotopic (exact) mass is 355 g/mol. The number of carboxylic acids is 1. The summed E-state index contributed by atoms with van der Waals surface area (Å²) >= 11 is 2.17. The van der Waals surface area contributed by atoms with Crippen molar-refractivity contribution in [3.8, 4) is 11.6 Å². The Bertz CT molecular complexity index is 599. The molecule has 2 rings (SSSR count). The van der Waals surface area contributed by atoms with Crippen LogP contribution in [0.4, 0.5) is 0 Å². The molecule has 0 saturated heterocycles. The van der Waals surface area contributed by atoms with Gasteiger partial charge in [0.05, 0.1) is 9.13 Å². The van der Waals surface area contributed by atoms with Crippen molar-refractivity contribution < 1.29 is 14.6 Å². The quantitative estimate of drug-likeness (QED) is 0.857. The molecule has 0 saturated carbocycles. The number of rotatable bonds is 3. The Hall–Kier alpha value is -1.63. The highest BCUT2D eigenvalue weighted by molar-refractivity contribution is 14.1. The normalized spacial score (nSPS) is 10.1. The van der Waals surface area contributed by atoms with E-state index in [2.05, 4.69) is 27.6 Å². The molecule has 0 aliphatic carbocycles. The van der Waals surface area contributed by atoms with Gasteiger partial charge in [-0.05, 0) is 47.7 Å². The molecule has 0 fully saturated rings. The second-order valence-corrected chi connectivity index (χ2v) is 4.85. The summed E-state index contributed by atoms with van der Waals surface area (Å²) in [5.41, 5.74) is 0.845. The van der Waals surface area contributed by atoms with Crippen molar-refractivity contribution in [2.75, 3.05) is 0 Å². The predicted molar refractivity (Wildman–Crippen MR) is 75.2 cm³/mol. The molecule has 2 aromatic rings. The highest BCUT2D eigenvalue weighted by atomic mass is 127. The molecular weight excluding hydrogens is 345 g/mol. The number of carboxylic acid groups (broad SMARTS) is 1. The SMILES string of the molecule is Cc1cc(C(=O)O)cnc1Oc1ccccc1I. The van der Waals surface area contributed by atoms with Crippen LogP contribution in [0, 0.1) is 10.5 Å². The Labute approximate surface area is 118 Å². The van der Waals surface area contributed by atoms with Crippen molar-refractivity contribution >= 4 is 28.6 Å². The van der Waals surface area contributed by atoms with Crippen LogP contribution < -0.4 is 4.74 Å². The molecule has 5 heteroatoms. The number of aromatic nitrogens is 1. The van der Waals surface area contributed by atoms with Gasteiger partial charge >= 0.3 is 5.97 Å². The van der Waals surface area contributed by atoms with Gasteiger partial charge in [-0.1, -0.05) is 12.1 Å². The third-order valence-electron chi connectivity index (χ3n) is 2.32. The lowest BCUT2D eigenvalue weighted by Crippen LogP contribution is -2.00. The van der Waals surface area contributed by atoms with Crippen LogP contribution in [0.15, 0.2) is 36.5 Å². The van der Waals surface area contributed by atoms with Crippen LogP contribution in [0.2, 0.25) is 0 Å². The van der Waals surface area contributed by atoms with E-state index in [0.717, 1.165) is 3.57 Å². The van der Waals surface area contributed by atoms with E-state index in [1.807, 2.05) is 24.3 Å². The van der Waals surface area contributed by atoms with Gasteiger partial charge in [0.25, 0.3) is 0 Å². The zero-order valence-corrected chi connectivity index (χ0v) is 11.7. The molecule has 0 atom stereocenters. The molecule has 1 aromatic heterocycles. The Balaban J connectivity index is 2.30. The van der Waals surface area contributed by atoms with Crippen molar-refractivity contribution in [3.63, 3.8) is 0 Å². The fourth-order valence-corrected chi connectivity index (χ4v) is 1.92. The molecular formula is C13H10INO3. The Morgan fingerprint density at radius 2 is 2.11 bits per heavy atom. The molecule has 18 heavy (non-hydrogen) atoms. The summed E-state index contributed by atoms with van der Waals surface area (Å²) in [4.78, 5) is 14.8. The third-order valence-corrected chi connectivity index (χ3v) is 3.21. The van der Waals surface area contributed by atoms with Gasteiger partial charge in [-0.3, -0.25) is 0 Å². The average Bonchev–Trinajstić information content (AvgIpc) is 2.34. The van der Waals surface area contributed by atoms with Crippen LogP contribution in [0.25, 0.3) is 0 Å². The fraction of sp³-hybridized carbons (Fsp3) is 0.0769. The van der Waals surface area contributed by atoms with Crippen molar-refractivity contribution in [2.45, 2.75) is 6.92 Å². The first-order valence-corrected chi connectivity index (χ1v) is 6.28. The number of benzene rings is 1. The second-order valence-electron chi connectivity index (χ2n) is 3.68. The van der Waals surface area contributed by atoms with Crippen LogP contribution in [-0.4, -0.2) is 16.1 Å². The standard InChI is InChI=1S/C13H10INO3/c1-8-6-9(13(16)17)7-15-12(8)18-11-5-3-2-4-10(11)14/h2-7H,1H3,(H,16,17). The minimum atomic E-state index is -0.994. The van der Waals surface area contributed by atoms with Gasteiger partial charge in [-0.15, -0.1) is 0 Å². The summed E-state index contributed by atoms with van der Waals surface area (Å²) in [7, 11) is 0. The number of ether oxygens (including phenoxy) is 1. The summed E-state index contributed by atoms with van der Waals surface area (Å²) in [6, 6.07) is 9.10. The molecule has 0 aliphatic rings. The zero-order chi connectivity index (χ0) is 13.1. The number of aromatic carboxylic acids is 1. The van der Waals surface area contributed by atoms with Gasteiger partial charge in [0.1, 0.15) is 5.75 Å². The lowest BCUT2D eigenvalue weighted by atomic mass is 10.2. The summed E-state index contributed by atoms with van der Waals surface area (Å²) in [6.07, 6.45) is 1.29. The third kappa shape index (κ3) is 2.79. The van der Waals surface area contributed by atoms with Gasteiger partial charge in [0.15, 0.2) is 0 Å². The predicted octanol–water partition coefficient (Wildman–Crippen LogP) is 3.49. The topological polar surface area (TPSA) is 59.4 Å². The van der Waals surface area contributed by atoms with Crippen LogP contribution in [0.3, 0.4) is 0 Å². The highest BCUT2D eigenvalue weighted by Crippen LogP contribution is 2.27. The number of hydrogen-bond donors (Lipinski definition) is 1. The van der Waals surface area contributed by atoms with Gasteiger partial charge in [0, 0.05) is 11.8 Å². The molecule has 0 spiro atoms. The Kier molecular flexibility index (Phi) is 3.81. The number of para-hydroxylation sites is 1. The van der Waals surface area contributed by atoms with Crippen molar-refractivity contribution in [1.29, 1.82) is 0 Å². The van der Waals surface area contributed by atoms with Crippen molar-refractivity contribution in [3.05, 3.63) is 51.2 Å². The molecule has 92 valence electrons. The first-order chi connectivity index (χ1) is 8.58. The fourth-order valence-electron chi connectivity index (χ4n) is 1.42. The van der Waals surface area contributed by atoms with Gasteiger partial charge in [-0.25, -0.2) is 9.78 Å². The average molecular weight is 355 g/mol. The lowest BCUT2D eigenvalue weighted by Gasteiger charge is -2.09. The molecule has 1 N–H and O–H groups in total. The summed E-state index contributed by atoms with van der Waals surface area (Å²) in [6.45, 7) is 1.77. The van der Waals surface area contributed by atoms with Gasteiger partial charge in [0.2, 0.25) is 5.88 Å². The summed E-state index contributed by atoms with van der Waals surface area (Å²) in [5, 5.41) is 8.85. The summed E-state index contributed by atoms with van der Waals surface area (Å²) < 4.78 is 6.63. The molecule has 0 radical (unpaired) electrons. The highest BCUT2D eigenvalue weighted by Gasteiger charge is 2.09. The van der Waals surface area contributed by atoms with E-state index in [0.29, 0.717) is 17.2 Å². The van der Waals surface area contributed by atoms with E-state index in [4.69, 9.17) is 9.84 Å². The molecule has 0 amide bonds. The van der Waals surface area contributed by atoms with E-state index < -0.39 is 5.97 Å². The lowest BCUT2D eigenvalue weighted by molar-refractivity contribution is 0.0696. The minimum Gasteiger partial charge on any atom is -0.478 e. The number of hydrogen-bond acceptors (Lipinski definition) is 3. The minimum absolute atomic E-state index is 0.155. The number of halogens is 1. The first-order valence-electron chi connectivity index (χ1n) is 5.20. The molecule has 0 bridgehead atoms. The number of aryl methyl sites for hydroxylation is 1. The molecule has 1 aromatic carbocycles. The number of nitrogens with zero attached hydrogens (tertiary/aromatic N) is 1. The first kappa shape index (κ1) is 12.8. The van der Waals surface area contributed by atoms with Crippen LogP contribution in [0.1, 0.15) is 15.9 Å². The Morgan fingerprint density at radius 1 is 1.39 bits per heavy atom. The van der Waals surface area contributed by atoms with E-state index in [9.17, 15) is 4.79 Å².